The lowest BCUT2D eigenvalue weighted by Crippen LogP contribution is -2.32. The van der Waals surface area contributed by atoms with Crippen LogP contribution in [0.1, 0.15) is 42.9 Å². The zero-order valence-electron chi connectivity index (χ0n) is 17.1. The number of carboxylic acid groups (broad SMARTS) is 1. The Balaban J connectivity index is 1.82. The summed E-state index contributed by atoms with van der Waals surface area (Å²) in [4.78, 5) is 38.0. The highest BCUT2D eigenvalue weighted by molar-refractivity contribution is 6.14. The lowest BCUT2D eigenvalue weighted by molar-refractivity contribution is -0.137. The largest absolute Gasteiger partial charge is 0.503 e. The fraction of sp³-hybridized carbons (Fsp3) is 0.240. The van der Waals surface area contributed by atoms with E-state index in [1.54, 1.807) is 6.08 Å². The van der Waals surface area contributed by atoms with E-state index in [1.165, 1.54) is 11.0 Å². The van der Waals surface area contributed by atoms with E-state index in [9.17, 15) is 19.5 Å². The van der Waals surface area contributed by atoms with Gasteiger partial charge >= 0.3 is 5.97 Å². The van der Waals surface area contributed by atoms with Crippen molar-refractivity contribution < 1.29 is 24.6 Å². The van der Waals surface area contributed by atoms with E-state index in [-0.39, 0.29) is 12.0 Å². The van der Waals surface area contributed by atoms with Crippen molar-refractivity contribution in [3.05, 3.63) is 89.2 Å². The smallest absolute Gasteiger partial charge is 0.303 e. The van der Waals surface area contributed by atoms with Crippen LogP contribution in [0.4, 0.5) is 0 Å². The molecule has 1 atom stereocenters. The van der Waals surface area contributed by atoms with Crippen molar-refractivity contribution in [3.63, 3.8) is 0 Å². The second-order valence-electron chi connectivity index (χ2n) is 7.39. The standard InChI is InChI=1S/C25H25NO5/c27-20(16-15-18-10-4-1-5-11-18)22-23(19-12-6-2-7-13-19)26(25(31)24(22)30)17-9-3-8-14-21(28)29/h1-2,4-7,10-13,15-16,23,30H,3,8-9,14,17H2,(H,28,29)/b16-15+/t23-/m1/s1. The number of ketones is 1. The molecule has 31 heavy (non-hydrogen) atoms. The Morgan fingerprint density at radius 2 is 1.58 bits per heavy atom. The lowest BCUT2D eigenvalue weighted by atomic mass is 9.95. The molecule has 2 aromatic carbocycles. The first-order chi connectivity index (χ1) is 15.0. The van der Waals surface area contributed by atoms with Crippen molar-refractivity contribution in [1.29, 1.82) is 0 Å². The van der Waals surface area contributed by atoms with Crippen LogP contribution in [-0.4, -0.2) is 39.3 Å². The lowest BCUT2D eigenvalue weighted by Gasteiger charge is -2.26. The summed E-state index contributed by atoms with van der Waals surface area (Å²) in [5, 5.41) is 19.3. The Kier molecular flexibility index (Phi) is 7.38. The van der Waals surface area contributed by atoms with Gasteiger partial charge in [0.15, 0.2) is 11.5 Å². The van der Waals surface area contributed by atoms with Gasteiger partial charge in [0.2, 0.25) is 0 Å². The fourth-order valence-electron chi connectivity index (χ4n) is 3.68. The van der Waals surface area contributed by atoms with Gasteiger partial charge in [-0.1, -0.05) is 73.2 Å². The number of aliphatic hydroxyl groups excluding tert-OH is 1. The molecule has 0 bridgehead atoms. The molecule has 6 nitrogen and oxygen atoms in total. The van der Waals surface area contributed by atoms with E-state index in [4.69, 9.17) is 5.11 Å². The van der Waals surface area contributed by atoms with E-state index in [0.717, 1.165) is 11.1 Å². The van der Waals surface area contributed by atoms with Crippen LogP contribution in [-0.2, 0) is 14.4 Å². The number of carboxylic acids is 1. The summed E-state index contributed by atoms with van der Waals surface area (Å²) >= 11 is 0. The first-order valence-electron chi connectivity index (χ1n) is 10.3. The number of allylic oxidation sites excluding steroid dienone is 1. The summed E-state index contributed by atoms with van der Waals surface area (Å²) in [5.41, 5.74) is 1.64. The quantitative estimate of drug-likeness (QED) is 0.442. The normalized spacial score (nSPS) is 16.3. The summed E-state index contributed by atoms with van der Waals surface area (Å²) in [6.45, 7) is 0.321. The van der Waals surface area contributed by atoms with Gasteiger partial charge in [-0.3, -0.25) is 14.4 Å². The van der Waals surface area contributed by atoms with Gasteiger partial charge in [-0.15, -0.1) is 0 Å². The van der Waals surface area contributed by atoms with Crippen LogP contribution in [0.2, 0.25) is 0 Å². The number of aliphatic carboxylic acids is 1. The Labute approximate surface area is 181 Å². The van der Waals surface area contributed by atoms with Gasteiger partial charge in [-0.25, -0.2) is 0 Å². The highest BCUT2D eigenvalue weighted by Crippen LogP contribution is 2.38. The molecule has 0 unspecified atom stereocenters. The molecular formula is C25H25NO5. The Morgan fingerprint density at radius 1 is 0.935 bits per heavy atom. The molecule has 0 spiro atoms. The van der Waals surface area contributed by atoms with Gasteiger partial charge in [0.1, 0.15) is 0 Å². The van der Waals surface area contributed by atoms with E-state index in [0.29, 0.717) is 25.8 Å². The molecule has 0 saturated carbocycles. The number of hydrogen-bond donors (Lipinski definition) is 2. The van der Waals surface area contributed by atoms with Crippen LogP contribution >= 0.6 is 0 Å². The van der Waals surface area contributed by atoms with Crippen molar-refractivity contribution in [2.45, 2.75) is 31.7 Å². The van der Waals surface area contributed by atoms with Crippen molar-refractivity contribution in [2.75, 3.05) is 6.54 Å². The maximum absolute atomic E-state index is 13.0. The summed E-state index contributed by atoms with van der Waals surface area (Å²) in [5.74, 6) is -2.38. The molecule has 3 rings (SSSR count). The van der Waals surface area contributed by atoms with Crippen LogP contribution in [0.15, 0.2) is 78.1 Å². The number of aliphatic hydroxyl groups is 1. The van der Waals surface area contributed by atoms with Gasteiger partial charge in [0.05, 0.1) is 11.6 Å². The van der Waals surface area contributed by atoms with E-state index in [1.807, 2.05) is 60.7 Å². The van der Waals surface area contributed by atoms with Crippen LogP contribution in [0.5, 0.6) is 0 Å². The van der Waals surface area contributed by atoms with Crippen molar-refractivity contribution >= 4 is 23.7 Å². The second kappa shape index (κ2) is 10.4. The molecule has 0 aromatic heterocycles. The zero-order chi connectivity index (χ0) is 22.2. The minimum atomic E-state index is -0.850. The highest BCUT2D eigenvalue weighted by atomic mass is 16.4. The van der Waals surface area contributed by atoms with E-state index in [2.05, 4.69) is 0 Å². The summed E-state index contributed by atoms with van der Waals surface area (Å²) in [6, 6.07) is 17.8. The predicted octanol–water partition coefficient (Wildman–Crippen LogP) is 4.31. The summed E-state index contributed by atoms with van der Waals surface area (Å²) in [6.07, 6.45) is 4.84. The number of amides is 1. The third kappa shape index (κ3) is 5.48. The minimum Gasteiger partial charge on any atom is -0.503 e. The highest BCUT2D eigenvalue weighted by Gasteiger charge is 2.42. The zero-order valence-corrected chi connectivity index (χ0v) is 17.1. The van der Waals surface area contributed by atoms with E-state index < -0.39 is 29.5 Å². The summed E-state index contributed by atoms with van der Waals surface area (Å²) < 4.78 is 0. The van der Waals surface area contributed by atoms with Gasteiger partial charge in [0.25, 0.3) is 5.91 Å². The number of carbonyl (C=O) groups excluding carboxylic acids is 2. The minimum absolute atomic E-state index is 0.0638. The molecule has 6 heteroatoms. The third-order valence-corrected chi connectivity index (χ3v) is 5.20. The monoisotopic (exact) mass is 419 g/mol. The van der Waals surface area contributed by atoms with Crippen molar-refractivity contribution in [2.24, 2.45) is 0 Å². The Bertz CT molecular complexity index is 995. The first kappa shape index (κ1) is 22.0. The fourth-order valence-corrected chi connectivity index (χ4v) is 3.68. The van der Waals surface area contributed by atoms with E-state index >= 15 is 0 Å². The molecule has 1 aliphatic heterocycles. The summed E-state index contributed by atoms with van der Waals surface area (Å²) in [7, 11) is 0. The maximum Gasteiger partial charge on any atom is 0.303 e. The molecule has 1 heterocycles. The van der Waals surface area contributed by atoms with Gasteiger partial charge in [0, 0.05) is 13.0 Å². The number of unbranched alkanes of at least 4 members (excludes halogenated alkanes) is 2. The molecule has 2 aromatic rings. The number of carbonyl (C=O) groups is 3. The molecule has 1 aliphatic rings. The SMILES string of the molecule is O=C(O)CCCCCN1C(=O)C(O)=C(C(=O)/C=C/c2ccccc2)[C@H]1c1ccccc1. The number of benzene rings is 2. The molecule has 160 valence electrons. The Hall–Kier alpha value is -3.67. The molecule has 1 amide bonds. The predicted molar refractivity (Wildman–Crippen MR) is 117 cm³/mol. The average molecular weight is 419 g/mol. The topological polar surface area (TPSA) is 94.9 Å². The number of hydrogen-bond acceptors (Lipinski definition) is 4. The van der Waals surface area contributed by atoms with Crippen LogP contribution in [0.25, 0.3) is 6.08 Å². The number of rotatable bonds is 10. The Morgan fingerprint density at radius 3 is 2.23 bits per heavy atom. The molecule has 0 saturated heterocycles. The number of nitrogens with zero attached hydrogens (tertiary/aromatic N) is 1. The van der Waals surface area contributed by atoms with Crippen molar-refractivity contribution in [3.8, 4) is 0 Å². The second-order valence-corrected chi connectivity index (χ2v) is 7.39. The third-order valence-electron chi connectivity index (χ3n) is 5.20. The van der Waals surface area contributed by atoms with Gasteiger partial charge in [-0.05, 0) is 30.0 Å². The van der Waals surface area contributed by atoms with Crippen LogP contribution in [0.3, 0.4) is 0 Å². The molecule has 0 radical (unpaired) electrons. The van der Waals surface area contributed by atoms with Crippen LogP contribution < -0.4 is 0 Å². The molecule has 0 aliphatic carbocycles. The van der Waals surface area contributed by atoms with Crippen LogP contribution in [0, 0.1) is 0 Å². The van der Waals surface area contributed by atoms with Gasteiger partial charge in [-0.2, -0.15) is 0 Å². The molecule has 0 fully saturated rings. The van der Waals surface area contributed by atoms with Crippen molar-refractivity contribution in [1.82, 2.24) is 4.90 Å². The van der Waals surface area contributed by atoms with Gasteiger partial charge < -0.3 is 15.1 Å². The average Bonchev–Trinajstić information content (AvgIpc) is 3.03. The first-order valence-corrected chi connectivity index (χ1v) is 10.3. The maximum atomic E-state index is 13.0. The molecule has 2 N–H and O–H groups in total. The molecular weight excluding hydrogens is 394 g/mol.